The van der Waals surface area contributed by atoms with Crippen molar-refractivity contribution in [2.45, 2.75) is 96.8 Å². The Hall–Kier alpha value is -0.790. The second-order valence-corrected chi connectivity index (χ2v) is 5.73. The third-order valence-electron chi connectivity index (χ3n) is 3.65. The van der Waals surface area contributed by atoms with E-state index in [0.717, 1.165) is 19.3 Å². The van der Waals surface area contributed by atoms with Crippen LogP contribution in [0.25, 0.3) is 0 Å². The number of allylic oxidation sites excluding steroid dienone is 2. The molecule has 0 bridgehead atoms. The molecule has 1 N–H and O–H groups in total. The van der Waals surface area contributed by atoms with Crippen molar-refractivity contribution in [2.24, 2.45) is 0 Å². The molecule has 0 saturated carbocycles. The summed E-state index contributed by atoms with van der Waals surface area (Å²) in [6.07, 6.45) is 21.3. The zero-order valence-electron chi connectivity index (χ0n) is 13.4. The predicted molar refractivity (Wildman–Crippen MR) is 87.1 cm³/mol. The average Bonchev–Trinajstić information content (AvgIpc) is 2.43. The minimum absolute atomic E-state index is 0.294. The SMILES string of the molecule is CCCCCCCCCCCC/C=C\CCCC(=O)O. The molecule has 0 atom stereocenters. The summed E-state index contributed by atoms with van der Waals surface area (Å²) < 4.78 is 0. The largest absolute Gasteiger partial charge is 0.481 e. The number of carboxylic acid groups (broad SMARTS) is 1. The van der Waals surface area contributed by atoms with Crippen LogP contribution in [0.2, 0.25) is 0 Å². The van der Waals surface area contributed by atoms with Crippen LogP contribution in [0.3, 0.4) is 0 Å². The Bertz CT molecular complexity index is 234. The number of rotatable bonds is 15. The molecule has 0 radical (unpaired) electrons. The molecule has 20 heavy (non-hydrogen) atoms. The van der Waals surface area contributed by atoms with E-state index in [1.165, 1.54) is 64.2 Å². The van der Waals surface area contributed by atoms with Gasteiger partial charge in [-0.05, 0) is 25.7 Å². The summed E-state index contributed by atoms with van der Waals surface area (Å²) in [6, 6.07) is 0. The van der Waals surface area contributed by atoms with E-state index in [0.29, 0.717) is 6.42 Å². The van der Waals surface area contributed by atoms with Gasteiger partial charge in [0.25, 0.3) is 0 Å². The lowest BCUT2D eigenvalue weighted by Crippen LogP contribution is -1.92. The van der Waals surface area contributed by atoms with Gasteiger partial charge in [-0.15, -0.1) is 0 Å². The van der Waals surface area contributed by atoms with Gasteiger partial charge in [-0.25, -0.2) is 0 Å². The van der Waals surface area contributed by atoms with Crippen LogP contribution >= 0.6 is 0 Å². The first-order valence-corrected chi connectivity index (χ1v) is 8.64. The van der Waals surface area contributed by atoms with Crippen LogP contribution in [-0.4, -0.2) is 11.1 Å². The molecule has 0 aromatic rings. The lowest BCUT2D eigenvalue weighted by atomic mass is 10.1. The third kappa shape index (κ3) is 17.2. The van der Waals surface area contributed by atoms with Gasteiger partial charge in [0.05, 0.1) is 0 Å². The molecule has 2 heteroatoms. The molecule has 0 rings (SSSR count). The summed E-state index contributed by atoms with van der Waals surface area (Å²) in [4.78, 5) is 10.3. The number of hydrogen-bond donors (Lipinski definition) is 1. The van der Waals surface area contributed by atoms with Crippen molar-refractivity contribution in [1.29, 1.82) is 0 Å². The number of carboxylic acids is 1. The number of unbranched alkanes of at least 4 members (excludes halogenated alkanes) is 11. The molecular formula is C18H34O2. The Balaban J connectivity index is 3.05. The van der Waals surface area contributed by atoms with E-state index in [4.69, 9.17) is 5.11 Å². The molecule has 0 heterocycles. The standard InChI is InChI=1S/C18H34O2/c1-2-3-4-5-6-7-8-9-10-11-12-13-14-15-16-17-18(19)20/h13-14H,2-12,15-17H2,1H3,(H,19,20)/b14-13-. The summed E-state index contributed by atoms with van der Waals surface area (Å²) in [5, 5.41) is 8.49. The van der Waals surface area contributed by atoms with Crippen molar-refractivity contribution in [2.75, 3.05) is 0 Å². The van der Waals surface area contributed by atoms with Crippen molar-refractivity contribution < 1.29 is 9.90 Å². The van der Waals surface area contributed by atoms with E-state index in [2.05, 4.69) is 19.1 Å². The molecular weight excluding hydrogens is 248 g/mol. The molecule has 0 fully saturated rings. The Labute approximate surface area is 125 Å². The quantitative estimate of drug-likeness (QED) is 0.291. The molecule has 2 nitrogen and oxygen atoms in total. The maximum atomic E-state index is 10.3. The first-order valence-electron chi connectivity index (χ1n) is 8.64. The summed E-state index contributed by atoms with van der Waals surface area (Å²) in [5.74, 6) is -0.687. The van der Waals surface area contributed by atoms with Gasteiger partial charge in [0, 0.05) is 6.42 Å². The van der Waals surface area contributed by atoms with Gasteiger partial charge in [0.1, 0.15) is 0 Å². The molecule has 0 unspecified atom stereocenters. The van der Waals surface area contributed by atoms with Crippen LogP contribution in [0.15, 0.2) is 12.2 Å². The number of carbonyl (C=O) groups is 1. The first-order chi connectivity index (χ1) is 9.77. The minimum Gasteiger partial charge on any atom is -0.481 e. The van der Waals surface area contributed by atoms with Crippen molar-refractivity contribution in [3.8, 4) is 0 Å². The van der Waals surface area contributed by atoms with E-state index in [1.807, 2.05) is 0 Å². The van der Waals surface area contributed by atoms with Crippen LogP contribution in [0.1, 0.15) is 96.8 Å². The molecule has 0 saturated heterocycles. The fourth-order valence-corrected chi connectivity index (χ4v) is 2.36. The van der Waals surface area contributed by atoms with Crippen LogP contribution in [0.5, 0.6) is 0 Å². The van der Waals surface area contributed by atoms with Crippen molar-refractivity contribution in [1.82, 2.24) is 0 Å². The second-order valence-electron chi connectivity index (χ2n) is 5.73. The average molecular weight is 282 g/mol. The highest BCUT2D eigenvalue weighted by molar-refractivity contribution is 5.66. The van der Waals surface area contributed by atoms with E-state index in [1.54, 1.807) is 0 Å². The molecule has 0 amide bonds. The highest BCUT2D eigenvalue weighted by atomic mass is 16.4. The summed E-state index contributed by atoms with van der Waals surface area (Å²) in [5.41, 5.74) is 0. The van der Waals surface area contributed by atoms with Crippen LogP contribution < -0.4 is 0 Å². The topological polar surface area (TPSA) is 37.3 Å². The Morgan fingerprint density at radius 1 is 0.750 bits per heavy atom. The fraction of sp³-hybridized carbons (Fsp3) is 0.833. The lowest BCUT2D eigenvalue weighted by Gasteiger charge is -2.01. The second kappa shape index (κ2) is 16.3. The van der Waals surface area contributed by atoms with E-state index in [-0.39, 0.29) is 0 Å². The number of hydrogen-bond acceptors (Lipinski definition) is 1. The van der Waals surface area contributed by atoms with Gasteiger partial charge in [-0.2, -0.15) is 0 Å². The van der Waals surface area contributed by atoms with E-state index < -0.39 is 5.97 Å². The summed E-state index contributed by atoms with van der Waals surface area (Å²) in [7, 11) is 0. The molecule has 0 aromatic heterocycles. The van der Waals surface area contributed by atoms with Gasteiger partial charge < -0.3 is 5.11 Å². The first kappa shape index (κ1) is 19.2. The smallest absolute Gasteiger partial charge is 0.303 e. The molecule has 0 spiro atoms. The highest BCUT2D eigenvalue weighted by Gasteiger charge is 1.94. The van der Waals surface area contributed by atoms with Gasteiger partial charge in [-0.1, -0.05) is 76.9 Å². The minimum atomic E-state index is -0.687. The predicted octanol–water partition coefficient (Wildman–Crippen LogP) is 6.11. The van der Waals surface area contributed by atoms with Crippen molar-refractivity contribution >= 4 is 5.97 Å². The monoisotopic (exact) mass is 282 g/mol. The van der Waals surface area contributed by atoms with Crippen molar-refractivity contribution in [3.63, 3.8) is 0 Å². The van der Waals surface area contributed by atoms with Gasteiger partial charge >= 0.3 is 5.97 Å². The zero-order valence-corrected chi connectivity index (χ0v) is 13.4. The molecule has 0 aliphatic carbocycles. The lowest BCUT2D eigenvalue weighted by molar-refractivity contribution is -0.137. The normalized spacial score (nSPS) is 11.2. The van der Waals surface area contributed by atoms with E-state index >= 15 is 0 Å². The molecule has 0 aliphatic rings. The van der Waals surface area contributed by atoms with Gasteiger partial charge in [-0.3, -0.25) is 4.79 Å². The Morgan fingerprint density at radius 3 is 1.70 bits per heavy atom. The number of aliphatic carboxylic acids is 1. The zero-order chi connectivity index (χ0) is 14.9. The fourth-order valence-electron chi connectivity index (χ4n) is 2.36. The Morgan fingerprint density at radius 2 is 1.20 bits per heavy atom. The third-order valence-corrected chi connectivity index (χ3v) is 3.65. The molecule has 118 valence electrons. The van der Waals surface area contributed by atoms with E-state index in [9.17, 15) is 4.79 Å². The summed E-state index contributed by atoms with van der Waals surface area (Å²) in [6.45, 7) is 2.26. The maximum Gasteiger partial charge on any atom is 0.303 e. The van der Waals surface area contributed by atoms with Crippen LogP contribution in [0, 0.1) is 0 Å². The van der Waals surface area contributed by atoms with Crippen LogP contribution in [-0.2, 0) is 4.79 Å². The summed E-state index contributed by atoms with van der Waals surface area (Å²) >= 11 is 0. The molecule has 0 aromatic carbocycles. The van der Waals surface area contributed by atoms with Crippen molar-refractivity contribution in [3.05, 3.63) is 12.2 Å². The van der Waals surface area contributed by atoms with Gasteiger partial charge in [0.2, 0.25) is 0 Å². The van der Waals surface area contributed by atoms with Crippen LogP contribution in [0.4, 0.5) is 0 Å². The maximum absolute atomic E-state index is 10.3. The highest BCUT2D eigenvalue weighted by Crippen LogP contribution is 2.11. The van der Waals surface area contributed by atoms with Gasteiger partial charge in [0.15, 0.2) is 0 Å². The Kier molecular flexibility index (Phi) is 15.6. The molecule has 0 aliphatic heterocycles.